The van der Waals surface area contributed by atoms with Gasteiger partial charge in [-0.15, -0.1) is 0 Å². The number of Topliss-reactive ketones (excluding diaryl/α,β-unsaturated/α-hetero) is 1. The van der Waals surface area contributed by atoms with E-state index in [1.54, 1.807) is 7.11 Å². The molecule has 0 aromatic carbocycles. The minimum absolute atomic E-state index is 0.0536. The van der Waals surface area contributed by atoms with Crippen LogP contribution in [0.4, 0.5) is 0 Å². The Kier molecular flexibility index (Phi) is 10.0. The van der Waals surface area contributed by atoms with E-state index in [4.69, 9.17) is 43.6 Å². The average molecular weight is 728 g/mol. The van der Waals surface area contributed by atoms with E-state index < -0.39 is 11.9 Å². The highest BCUT2D eigenvalue weighted by atomic mass is 16.8. The minimum Gasteiger partial charge on any atom is -0.392 e. The van der Waals surface area contributed by atoms with Gasteiger partial charge in [0.1, 0.15) is 36.3 Å². The molecule has 11 heteroatoms. The van der Waals surface area contributed by atoms with Gasteiger partial charge in [0.2, 0.25) is 0 Å². The predicted octanol–water partition coefficient (Wildman–Crippen LogP) is 4.31. The summed E-state index contributed by atoms with van der Waals surface area (Å²) in [6, 6.07) is 0. The van der Waals surface area contributed by atoms with Crippen LogP contribution in [-0.2, 0) is 42.7 Å². The molecule has 12 bridgehead atoms. The number of rotatable bonds is 4. The van der Waals surface area contributed by atoms with E-state index in [9.17, 15) is 9.90 Å². The van der Waals surface area contributed by atoms with Gasteiger partial charge in [-0.2, -0.15) is 0 Å². The second-order valence-electron chi connectivity index (χ2n) is 18.0. The van der Waals surface area contributed by atoms with Crippen molar-refractivity contribution in [2.45, 2.75) is 188 Å². The largest absolute Gasteiger partial charge is 0.392 e. The molecule has 1 saturated carbocycles. The highest BCUT2D eigenvalue weighted by Gasteiger charge is 2.68. The molecule has 1 unspecified atom stereocenters. The molecule has 19 atom stereocenters. The lowest BCUT2D eigenvalue weighted by atomic mass is 9.68. The van der Waals surface area contributed by atoms with E-state index in [-0.39, 0.29) is 104 Å². The van der Waals surface area contributed by atoms with Crippen LogP contribution in [0.25, 0.3) is 0 Å². The molecule has 9 saturated heterocycles. The number of methoxy groups -OCH3 is 1. The molecule has 1 spiro atoms. The first-order valence-corrected chi connectivity index (χ1v) is 20.5. The van der Waals surface area contributed by atoms with Gasteiger partial charge >= 0.3 is 0 Å². The molecule has 10 fully saturated rings. The summed E-state index contributed by atoms with van der Waals surface area (Å²) in [4.78, 5) is 14.1. The van der Waals surface area contributed by atoms with Crippen LogP contribution >= 0.6 is 0 Å². The lowest BCUT2D eigenvalue weighted by molar-refractivity contribution is -0.292. The Labute approximate surface area is 308 Å². The van der Waals surface area contributed by atoms with Crippen LogP contribution in [0.1, 0.15) is 96.8 Å². The minimum atomic E-state index is -0.760. The molecule has 0 amide bonds. The molecule has 290 valence electrons. The van der Waals surface area contributed by atoms with E-state index in [0.29, 0.717) is 37.5 Å². The fraction of sp³-hybridized carbons (Fsp3) is 0.878. The van der Waals surface area contributed by atoms with Crippen molar-refractivity contribution in [3.63, 3.8) is 0 Å². The summed E-state index contributed by atoms with van der Waals surface area (Å²) >= 11 is 0. The quantitative estimate of drug-likeness (QED) is 0.401. The summed E-state index contributed by atoms with van der Waals surface area (Å²) in [6.45, 7) is 11.5. The Bertz CT molecular complexity index is 1380. The van der Waals surface area contributed by atoms with Gasteiger partial charge in [-0.05, 0) is 81.1 Å². The Morgan fingerprint density at radius 2 is 1.63 bits per heavy atom. The first-order chi connectivity index (χ1) is 25.1. The number of nitrogens with two attached hydrogens (primary N) is 1. The molecule has 1 aliphatic carbocycles. The van der Waals surface area contributed by atoms with Crippen molar-refractivity contribution in [1.29, 1.82) is 0 Å². The van der Waals surface area contributed by atoms with Crippen LogP contribution in [-0.4, -0.2) is 116 Å². The van der Waals surface area contributed by atoms with Crippen molar-refractivity contribution < 1.29 is 47.8 Å². The van der Waals surface area contributed by atoms with Gasteiger partial charge in [-0.3, -0.25) is 4.79 Å². The summed E-state index contributed by atoms with van der Waals surface area (Å²) in [7, 11) is 1.69. The number of allylic oxidation sites excluding steroid dienone is 1. The molecule has 0 radical (unpaired) electrons. The van der Waals surface area contributed by atoms with Crippen LogP contribution in [0.15, 0.2) is 24.3 Å². The van der Waals surface area contributed by atoms with E-state index in [2.05, 4.69) is 20.1 Å². The summed E-state index contributed by atoms with van der Waals surface area (Å²) < 4.78 is 53.5. The van der Waals surface area contributed by atoms with E-state index >= 15 is 0 Å². The van der Waals surface area contributed by atoms with Gasteiger partial charge in [0.25, 0.3) is 0 Å². The van der Waals surface area contributed by atoms with Crippen LogP contribution in [0.2, 0.25) is 0 Å². The first-order valence-electron chi connectivity index (χ1n) is 20.5. The molecular formula is C41H61NO10. The van der Waals surface area contributed by atoms with Crippen molar-refractivity contribution in [2.24, 2.45) is 29.4 Å². The molecule has 9 heterocycles. The number of ketones is 1. The maximum Gasteiger partial charge on any atom is 0.172 e. The van der Waals surface area contributed by atoms with Crippen LogP contribution in [0, 0.1) is 23.7 Å². The standard InChI is InChI=1S/C41H61NO10/c1-20-11-23-5-7-30-21(2)12-28(46-30)9-10-41-18-34-37(51-41)38-39(50-34)40(52-41)36-31(49-38)8-6-27(47-36)15-25(43)16-29-32(14-24(13-23)22(20)3)48-33(35(29)45-4)17-26(44)19-42/h20,23-24,26-40,44H,2-3,5-19,42H2,1,4H3/t20-,23+,24-,26+,27-,28+,29+,30?,31+,32+,33-,34-,35-,36+,37+,38+,39-,40+,41+/m1/s1. The maximum absolute atomic E-state index is 14.1. The van der Waals surface area contributed by atoms with Gasteiger partial charge in [-0.1, -0.05) is 25.7 Å². The van der Waals surface area contributed by atoms with Crippen LogP contribution in [0.5, 0.6) is 0 Å². The number of carbonyl (C=O) groups is 1. The molecule has 52 heavy (non-hydrogen) atoms. The number of aliphatic hydroxyl groups excluding tert-OH is 1. The number of ether oxygens (including phenoxy) is 8. The third kappa shape index (κ3) is 6.60. The molecule has 10 aliphatic rings. The van der Waals surface area contributed by atoms with Crippen molar-refractivity contribution >= 4 is 5.78 Å². The summed E-state index contributed by atoms with van der Waals surface area (Å²) in [5, 5.41) is 10.6. The smallest absolute Gasteiger partial charge is 0.172 e. The number of carbonyl (C=O) groups excluding carboxylic acids is 1. The Morgan fingerprint density at radius 1 is 0.846 bits per heavy atom. The maximum atomic E-state index is 14.1. The number of hydrogen-bond acceptors (Lipinski definition) is 11. The van der Waals surface area contributed by atoms with Crippen molar-refractivity contribution in [3.05, 3.63) is 24.3 Å². The van der Waals surface area contributed by atoms with Gasteiger partial charge in [0, 0.05) is 51.7 Å². The van der Waals surface area contributed by atoms with E-state index in [1.807, 2.05) is 0 Å². The number of hydrogen-bond donors (Lipinski definition) is 2. The highest BCUT2D eigenvalue weighted by molar-refractivity contribution is 5.79. The third-order valence-corrected chi connectivity index (χ3v) is 14.6. The Morgan fingerprint density at radius 3 is 2.46 bits per heavy atom. The van der Waals surface area contributed by atoms with Crippen molar-refractivity contribution in [1.82, 2.24) is 0 Å². The molecule has 11 nitrogen and oxygen atoms in total. The van der Waals surface area contributed by atoms with E-state index in [1.165, 1.54) is 11.1 Å². The van der Waals surface area contributed by atoms with Crippen LogP contribution < -0.4 is 5.73 Å². The lowest BCUT2D eigenvalue weighted by Gasteiger charge is -2.47. The second-order valence-corrected chi connectivity index (χ2v) is 18.0. The zero-order chi connectivity index (χ0) is 35.9. The summed E-state index contributed by atoms with van der Waals surface area (Å²) in [5.41, 5.74) is 8.31. The fourth-order valence-corrected chi connectivity index (χ4v) is 12.0. The Balaban J connectivity index is 0.994. The molecule has 3 N–H and O–H groups in total. The summed E-state index contributed by atoms with van der Waals surface area (Å²) in [6.07, 6.45) is 7.65. The van der Waals surface area contributed by atoms with Crippen LogP contribution in [0.3, 0.4) is 0 Å². The number of aliphatic hydroxyl groups is 1. The average Bonchev–Trinajstić information content (AvgIpc) is 3.79. The topological polar surface area (TPSA) is 137 Å². The molecular weight excluding hydrogens is 666 g/mol. The van der Waals surface area contributed by atoms with Gasteiger partial charge < -0.3 is 48.7 Å². The predicted molar refractivity (Wildman–Crippen MR) is 189 cm³/mol. The van der Waals surface area contributed by atoms with Gasteiger partial charge in [0.15, 0.2) is 5.79 Å². The third-order valence-electron chi connectivity index (χ3n) is 14.6. The molecule has 0 aromatic heterocycles. The molecule has 9 aliphatic heterocycles. The van der Waals surface area contributed by atoms with Crippen molar-refractivity contribution in [2.75, 3.05) is 13.7 Å². The normalized spacial score (nSPS) is 52.4. The number of fused-ring (bicyclic) bond motifs is 6. The second kappa shape index (κ2) is 14.4. The Hall–Kier alpha value is -1.25. The first kappa shape index (κ1) is 36.4. The SMILES string of the molecule is C=C1C[C@@H]2CC[C@@]34C[C@H]5O[C@H]6[C@@H](O3)[C@H]3O[C@H](CC[C@@H]3O[C@H]6[C@H]5O4)CC(=O)C[C@@H]3[C@@H](OC)[C@@H](C[C@H](O)CN)O[C@H]3C[C@H]3C[C@@H](CCC1O2)C[C@@H](C)C3=C. The molecule has 0 aromatic rings. The zero-order valence-electron chi connectivity index (χ0n) is 31.1. The fourth-order valence-electron chi connectivity index (χ4n) is 12.0. The molecule has 10 rings (SSSR count). The zero-order valence-corrected chi connectivity index (χ0v) is 31.1. The van der Waals surface area contributed by atoms with Gasteiger partial charge in [0.05, 0.1) is 54.9 Å². The van der Waals surface area contributed by atoms with Gasteiger partial charge in [-0.25, -0.2) is 0 Å². The summed E-state index contributed by atoms with van der Waals surface area (Å²) in [5.74, 6) is 0.474. The van der Waals surface area contributed by atoms with Crippen molar-refractivity contribution in [3.8, 4) is 0 Å². The monoisotopic (exact) mass is 727 g/mol. The lowest BCUT2D eigenvalue weighted by Crippen LogP contribution is -2.61. The van der Waals surface area contributed by atoms with E-state index in [0.717, 1.165) is 64.2 Å². The highest BCUT2D eigenvalue weighted by Crippen LogP contribution is 2.54.